The van der Waals surface area contributed by atoms with Crippen molar-refractivity contribution in [1.29, 1.82) is 0 Å². The molecule has 1 amide bonds. The summed E-state index contributed by atoms with van der Waals surface area (Å²) in [7, 11) is 0. The number of hydrogen-bond donors (Lipinski definition) is 1. The summed E-state index contributed by atoms with van der Waals surface area (Å²) in [4.78, 5) is 13.1. The van der Waals surface area contributed by atoms with Crippen LogP contribution in [0, 0.1) is 5.82 Å². The van der Waals surface area contributed by atoms with Gasteiger partial charge in [-0.3, -0.25) is 4.79 Å². The maximum Gasteiger partial charge on any atom is 0.248 e. The van der Waals surface area contributed by atoms with Gasteiger partial charge >= 0.3 is 0 Å². The van der Waals surface area contributed by atoms with Crippen molar-refractivity contribution < 1.29 is 13.9 Å². The highest BCUT2D eigenvalue weighted by Gasteiger charge is 2.19. The molecule has 0 aromatic heterocycles. The fourth-order valence-corrected chi connectivity index (χ4v) is 1.63. The number of anilines is 1. The van der Waals surface area contributed by atoms with Crippen LogP contribution in [0.5, 0.6) is 0 Å². The predicted octanol–water partition coefficient (Wildman–Crippen LogP) is 0.767. The van der Waals surface area contributed by atoms with Gasteiger partial charge in [-0.2, -0.15) is 0 Å². The lowest BCUT2D eigenvalue weighted by Crippen LogP contribution is -2.41. The SMILES string of the molecule is Nc1ccc(F)cc1CN1CCOCC1=O. The third-order valence-electron chi connectivity index (χ3n) is 2.55. The molecule has 1 fully saturated rings. The van der Waals surface area contributed by atoms with Gasteiger partial charge in [-0.25, -0.2) is 4.39 Å². The maximum atomic E-state index is 13.0. The van der Waals surface area contributed by atoms with Gasteiger partial charge in [-0.05, 0) is 23.8 Å². The first-order valence-electron chi connectivity index (χ1n) is 5.06. The molecule has 0 atom stereocenters. The number of hydrogen-bond acceptors (Lipinski definition) is 3. The van der Waals surface area contributed by atoms with Crippen LogP contribution in [0.15, 0.2) is 18.2 Å². The maximum absolute atomic E-state index is 13.0. The van der Waals surface area contributed by atoms with E-state index in [-0.39, 0.29) is 18.3 Å². The van der Waals surface area contributed by atoms with Crippen LogP contribution in [-0.2, 0) is 16.1 Å². The fourth-order valence-electron chi connectivity index (χ4n) is 1.63. The first-order valence-corrected chi connectivity index (χ1v) is 5.06. The van der Waals surface area contributed by atoms with Gasteiger partial charge in [0.15, 0.2) is 0 Å². The molecule has 2 N–H and O–H groups in total. The largest absolute Gasteiger partial charge is 0.398 e. The van der Waals surface area contributed by atoms with E-state index in [0.717, 1.165) is 0 Å². The minimum absolute atomic E-state index is 0.0880. The summed E-state index contributed by atoms with van der Waals surface area (Å²) in [6.07, 6.45) is 0. The lowest BCUT2D eigenvalue weighted by Gasteiger charge is -2.27. The Labute approximate surface area is 92.8 Å². The second-order valence-electron chi connectivity index (χ2n) is 3.71. The van der Waals surface area contributed by atoms with Crippen LogP contribution < -0.4 is 5.73 Å². The predicted molar refractivity (Wildman–Crippen MR) is 57.0 cm³/mol. The summed E-state index contributed by atoms with van der Waals surface area (Å²) in [6.45, 7) is 1.47. The van der Waals surface area contributed by atoms with Gasteiger partial charge in [0.05, 0.1) is 6.61 Å². The van der Waals surface area contributed by atoms with E-state index in [1.165, 1.54) is 18.2 Å². The van der Waals surface area contributed by atoms with Crippen LogP contribution >= 0.6 is 0 Å². The molecule has 16 heavy (non-hydrogen) atoms. The van der Waals surface area contributed by atoms with Gasteiger partial charge in [0.2, 0.25) is 5.91 Å². The number of ether oxygens (including phenoxy) is 1. The van der Waals surface area contributed by atoms with Gasteiger partial charge in [0.1, 0.15) is 12.4 Å². The minimum atomic E-state index is -0.343. The molecule has 1 saturated heterocycles. The van der Waals surface area contributed by atoms with Crippen LogP contribution in [0.1, 0.15) is 5.56 Å². The highest BCUT2D eigenvalue weighted by Crippen LogP contribution is 2.16. The molecule has 0 unspecified atom stereocenters. The van der Waals surface area contributed by atoms with Gasteiger partial charge in [-0.1, -0.05) is 0 Å². The Morgan fingerprint density at radius 3 is 3.06 bits per heavy atom. The Bertz CT molecular complexity index is 409. The summed E-state index contributed by atoms with van der Waals surface area (Å²) in [5.74, 6) is -0.431. The molecule has 0 bridgehead atoms. The van der Waals surface area contributed by atoms with E-state index in [1.807, 2.05) is 0 Å². The molecule has 86 valence electrons. The summed E-state index contributed by atoms with van der Waals surface area (Å²) < 4.78 is 18.0. The van der Waals surface area contributed by atoms with Gasteiger partial charge in [0, 0.05) is 18.8 Å². The third-order valence-corrected chi connectivity index (χ3v) is 2.55. The van der Waals surface area contributed by atoms with Crippen LogP contribution in [0.3, 0.4) is 0 Å². The zero-order chi connectivity index (χ0) is 11.5. The lowest BCUT2D eigenvalue weighted by atomic mass is 10.1. The van der Waals surface area contributed by atoms with Crippen molar-refractivity contribution in [1.82, 2.24) is 4.90 Å². The summed E-state index contributed by atoms with van der Waals surface area (Å²) in [5, 5.41) is 0. The number of amides is 1. The van der Waals surface area contributed by atoms with E-state index in [0.29, 0.717) is 30.9 Å². The van der Waals surface area contributed by atoms with Crippen molar-refractivity contribution in [3.05, 3.63) is 29.6 Å². The van der Waals surface area contributed by atoms with Crippen molar-refractivity contribution in [3.63, 3.8) is 0 Å². The Morgan fingerprint density at radius 1 is 1.50 bits per heavy atom. The summed E-state index contributed by atoms with van der Waals surface area (Å²) >= 11 is 0. The van der Waals surface area contributed by atoms with E-state index in [2.05, 4.69) is 0 Å². The molecule has 1 aromatic rings. The topological polar surface area (TPSA) is 55.6 Å². The molecule has 0 aliphatic carbocycles. The highest BCUT2D eigenvalue weighted by atomic mass is 19.1. The zero-order valence-electron chi connectivity index (χ0n) is 8.78. The smallest absolute Gasteiger partial charge is 0.248 e. The number of nitrogens with zero attached hydrogens (tertiary/aromatic N) is 1. The fraction of sp³-hybridized carbons (Fsp3) is 0.364. The molecular formula is C11H13FN2O2. The van der Waals surface area contributed by atoms with Gasteiger partial charge < -0.3 is 15.4 Å². The average Bonchev–Trinajstić information content (AvgIpc) is 2.27. The van der Waals surface area contributed by atoms with Gasteiger partial charge in [-0.15, -0.1) is 0 Å². The highest BCUT2D eigenvalue weighted by molar-refractivity contribution is 5.78. The van der Waals surface area contributed by atoms with Crippen LogP contribution in [0.2, 0.25) is 0 Å². The van der Waals surface area contributed by atoms with Crippen molar-refractivity contribution >= 4 is 11.6 Å². The number of carbonyl (C=O) groups excluding carboxylic acids is 1. The molecule has 0 saturated carbocycles. The lowest BCUT2D eigenvalue weighted by molar-refractivity contribution is -0.143. The van der Waals surface area contributed by atoms with Crippen molar-refractivity contribution in [2.24, 2.45) is 0 Å². The Kier molecular flexibility index (Phi) is 3.05. The number of nitrogen functional groups attached to an aromatic ring is 1. The first kappa shape index (κ1) is 10.9. The van der Waals surface area contributed by atoms with Crippen LogP contribution in [-0.4, -0.2) is 30.6 Å². The third kappa shape index (κ3) is 2.30. The summed E-state index contributed by atoms with van der Waals surface area (Å²) in [6, 6.07) is 4.17. The molecule has 1 heterocycles. The summed E-state index contributed by atoms with van der Waals surface area (Å²) in [5.41, 5.74) is 6.85. The number of morpholine rings is 1. The van der Waals surface area contributed by atoms with E-state index in [4.69, 9.17) is 10.5 Å². The second-order valence-corrected chi connectivity index (χ2v) is 3.71. The molecule has 1 aliphatic heterocycles. The standard InChI is InChI=1S/C11H13FN2O2/c12-9-1-2-10(13)8(5-9)6-14-3-4-16-7-11(14)15/h1-2,5H,3-4,6-7,13H2. The Morgan fingerprint density at radius 2 is 2.31 bits per heavy atom. The van der Waals surface area contributed by atoms with Gasteiger partial charge in [0.25, 0.3) is 0 Å². The van der Waals surface area contributed by atoms with Crippen molar-refractivity contribution in [2.45, 2.75) is 6.54 Å². The van der Waals surface area contributed by atoms with Crippen molar-refractivity contribution in [2.75, 3.05) is 25.5 Å². The normalized spacial score (nSPS) is 16.6. The van der Waals surface area contributed by atoms with E-state index in [9.17, 15) is 9.18 Å². The van der Waals surface area contributed by atoms with E-state index < -0.39 is 0 Å². The number of rotatable bonds is 2. The molecular weight excluding hydrogens is 211 g/mol. The molecule has 5 heteroatoms. The number of nitrogens with two attached hydrogens (primary N) is 1. The van der Waals surface area contributed by atoms with Crippen LogP contribution in [0.4, 0.5) is 10.1 Å². The van der Waals surface area contributed by atoms with E-state index in [1.54, 1.807) is 4.90 Å². The van der Waals surface area contributed by atoms with Crippen LogP contribution in [0.25, 0.3) is 0 Å². The molecule has 1 aromatic carbocycles. The molecule has 1 aliphatic rings. The zero-order valence-corrected chi connectivity index (χ0v) is 8.78. The van der Waals surface area contributed by atoms with E-state index >= 15 is 0 Å². The quantitative estimate of drug-likeness (QED) is 0.755. The monoisotopic (exact) mass is 224 g/mol. The number of carbonyl (C=O) groups is 1. The number of halogens is 1. The number of benzene rings is 1. The average molecular weight is 224 g/mol. The van der Waals surface area contributed by atoms with Crippen molar-refractivity contribution in [3.8, 4) is 0 Å². The molecule has 0 radical (unpaired) electrons. The first-order chi connectivity index (χ1) is 7.66. The Balaban J connectivity index is 2.13. The Hall–Kier alpha value is -1.62. The minimum Gasteiger partial charge on any atom is -0.398 e. The molecule has 0 spiro atoms. The molecule has 2 rings (SSSR count). The molecule has 4 nitrogen and oxygen atoms in total. The second kappa shape index (κ2) is 4.49.